The largest absolute Gasteiger partial charge is 0.366 e. The highest BCUT2D eigenvalue weighted by molar-refractivity contribution is 5.91. The fourth-order valence-electron chi connectivity index (χ4n) is 2.66. The minimum Gasteiger partial charge on any atom is -0.366 e. The number of unbranched alkanes of at least 4 members (excludes halogenated alkanes) is 1. The molecule has 1 aromatic heterocycles. The van der Waals surface area contributed by atoms with Crippen LogP contribution in [0.5, 0.6) is 0 Å². The third-order valence-electron chi connectivity index (χ3n) is 4.02. The molecule has 0 unspecified atom stereocenters. The van der Waals surface area contributed by atoms with Crippen LogP contribution < -0.4 is 5.32 Å². The van der Waals surface area contributed by atoms with E-state index >= 15 is 0 Å². The fraction of sp³-hybridized carbons (Fsp3) is 0.688. The van der Waals surface area contributed by atoms with Gasteiger partial charge < -0.3 is 10.2 Å². The van der Waals surface area contributed by atoms with Gasteiger partial charge >= 0.3 is 0 Å². The molecule has 0 spiro atoms. The molecular formula is C16H26N4O. The maximum absolute atomic E-state index is 12.2. The Balaban J connectivity index is 1.90. The van der Waals surface area contributed by atoms with Gasteiger partial charge in [-0.1, -0.05) is 32.6 Å². The normalized spacial score (nSPS) is 15.7. The molecule has 1 heterocycles. The second-order valence-electron chi connectivity index (χ2n) is 5.85. The minimum absolute atomic E-state index is 0.0554. The third kappa shape index (κ3) is 4.69. The first-order valence-corrected chi connectivity index (χ1v) is 8.04. The van der Waals surface area contributed by atoms with Crippen LogP contribution in [0.15, 0.2) is 12.4 Å². The lowest BCUT2D eigenvalue weighted by Gasteiger charge is -2.23. The molecule has 5 heteroatoms. The molecule has 0 saturated heterocycles. The first kappa shape index (κ1) is 15.7. The predicted octanol–water partition coefficient (Wildman–Crippen LogP) is 3.09. The number of aromatic nitrogens is 2. The number of rotatable bonds is 6. The van der Waals surface area contributed by atoms with Crippen LogP contribution in [0.1, 0.15) is 62.4 Å². The van der Waals surface area contributed by atoms with Crippen molar-refractivity contribution in [3.8, 4) is 0 Å². The van der Waals surface area contributed by atoms with Crippen LogP contribution in [0.2, 0.25) is 0 Å². The van der Waals surface area contributed by atoms with E-state index < -0.39 is 0 Å². The van der Waals surface area contributed by atoms with Gasteiger partial charge in [-0.2, -0.15) is 0 Å². The molecule has 0 bridgehead atoms. The molecule has 1 aliphatic carbocycles. The Morgan fingerprint density at radius 1 is 1.29 bits per heavy atom. The molecule has 1 aromatic rings. The second-order valence-corrected chi connectivity index (χ2v) is 5.85. The summed E-state index contributed by atoms with van der Waals surface area (Å²) in [6.45, 7) is 2.88. The van der Waals surface area contributed by atoms with E-state index in [9.17, 15) is 4.79 Å². The van der Waals surface area contributed by atoms with Crippen molar-refractivity contribution in [2.45, 2.75) is 57.9 Å². The summed E-state index contributed by atoms with van der Waals surface area (Å²) >= 11 is 0. The van der Waals surface area contributed by atoms with Crippen molar-refractivity contribution in [3.05, 3.63) is 18.1 Å². The highest BCUT2D eigenvalue weighted by atomic mass is 16.2. The lowest BCUT2D eigenvalue weighted by atomic mass is 9.96. The molecule has 2 rings (SSSR count). The van der Waals surface area contributed by atoms with Gasteiger partial charge in [0, 0.05) is 19.6 Å². The number of hydrogen-bond acceptors (Lipinski definition) is 4. The maximum Gasteiger partial charge on any atom is 0.273 e. The Morgan fingerprint density at radius 3 is 2.67 bits per heavy atom. The number of nitrogens with one attached hydrogen (secondary N) is 1. The van der Waals surface area contributed by atoms with Gasteiger partial charge in [0.1, 0.15) is 11.5 Å². The fourth-order valence-corrected chi connectivity index (χ4v) is 2.66. The van der Waals surface area contributed by atoms with E-state index in [1.165, 1.54) is 32.1 Å². The summed E-state index contributed by atoms with van der Waals surface area (Å²) in [7, 11) is 1.81. The predicted molar refractivity (Wildman–Crippen MR) is 84.4 cm³/mol. The van der Waals surface area contributed by atoms with Crippen LogP contribution in [0.4, 0.5) is 5.82 Å². The highest BCUT2D eigenvalue weighted by Gasteiger charge is 2.15. The first-order valence-electron chi connectivity index (χ1n) is 8.04. The zero-order chi connectivity index (χ0) is 15.1. The smallest absolute Gasteiger partial charge is 0.273 e. The quantitative estimate of drug-likeness (QED) is 0.874. The monoisotopic (exact) mass is 290 g/mol. The van der Waals surface area contributed by atoms with Crippen molar-refractivity contribution in [3.63, 3.8) is 0 Å². The highest BCUT2D eigenvalue weighted by Crippen LogP contribution is 2.20. The Bertz CT molecular complexity index is 440. The number of carbonyl (C=O) groups excluding carboxylic acids is 1. The zero-order valence-electron chi connectivity index (χ0n) is 13.1. The summed E-state index contributed by atoms with van der Waals surface area (Å²) in [4.78, 5) is 22.5. The summed E-state index contributed by atoms with van der Waals surface area (Å²) < 4.78 is 0. The standard InChI is InChI=1S/C16H26N4O/c1-3-4-10-20(2)16(21)14-11-18-15(12-17-14)19-13-8-6-5-7-9-13/h11-13H,3-10H2,1-2H3,(H,18,19). The van der Waals surface area contributed by atoms with Crippen LogP contribution in [-0.4, -0.2) is 40.4 Å². The second kappa shape index (κ2) is 7.96. The number of carbonyl (C=O) groups is 1. The molecular weight excluding hydrogens is 264 g/mol. The van der Waals surface area contributed by atoms with Gasteiger partial charge in [-0.25, -0.2) is 9.97 Å². The van der Waals surface area contributed by atoms with Crippen LogP contribution in [0.25, 0.3) is 0 Å². The Kier molecular flexibility index (Phi) is 5.96. The van der Waals surface area contributed by atoms with Gasteiger partial charge in [0.15, 0.2) is 0 Å². The van der Waals surface area contributed by atoms with E-state index in [-0.39, 0.29) is 5.91 Å². The summed E-state index contributed by atoms with van der Waals surface area (Å²) in [6, 6.07) is 0.502. The minimum atomic E-state index is -0.0554. The first-order chi connectivity index (χ1) is 10.2. The van der Waals surface area contributed by atoms with Crippen LogP contribution in [-0.2, 0) is 0 Å². The molecule has 1 fully saturated rings. The molecule has 116 valence electrons. The van der Waals surface area contributed by atoms with Crippen molar-refractivity contribution in [2.75, 3.05) is 18.9 Å². The van der Waals surface area contributed by atoms with Crippen molar-refractivity contribution < 1.29 is 4.79 Å². The number of hydrogen-bond donors (Lipinski definition) is 1. The topological polar surface area (TPSA) is 58.1 Å². The third-order valence-corrected chi connectivity index (χ3v) is 4.02. The zero-order valence-corrected chi connectivity index (χ0v) is 13.1. The number of anilines is 1. The van der Waals surface area contributed by atoms with Gasteiger partial charge in [-0.3, -0.25) is 4.79 Å². The maximum atomic E-state index is 12.2. The Hall–Kier alpha value is -1.65. The van der Waals surface area contributed by atoms with E-state index in [0.29, 0.717) is 11.7 Å². The van der Waals surface area contributed by atoms with Gasteiger partial charge in [0.25, 0.3) is 5.91 Å². The van der Waals surface area contributed by atoms with Crippen LogP contribution in [0.3, 0.4) is 0 Å². The van der Waals surface area contributed by atoms with E-state index in [2.05, 4.69) is 22.2 Å². The van der Waals surface area contributed by atoms with E-state index in [0.717, 1.165) is 25.2 Å². The summed E-state index contributed by atoms with van der Waals surface area (Å²) in [5, 5.41) is 3.41. The summed E-state index contributed by atoms with van der Waals surface area (Å²) in [5.41, 5.74) is 0.419. The van der Waals surface area contributed by atoms with Gasteiger partial charge in [-0.15, -0.1) is 0 Å². The van der Waals surface area contributed by atoms with Crippen molar-refractivity contribution in [1.29, 1.82) is 0 Å². The lowest BCUT2D eigenvalue weighted by molar-refractivity contribution is 0.0787. The van der Waals surface area contributed by atoms with E-state index in [4.69, 9.17) is 0 Å². The Labute approximate surface area is 127 Å². The molecule has 0 atom stereocenters. The molecule has 0 radical (unpaired) electrons. The van der Waals surface area contributed by atoms with Crippen LogP contribution >= 0.6 is 0 Å². The van der Waals surface area contributed by atoms with Gasteiger partial charge in [-0.05, 0) is 19.3 Å². The van der Waals surface area contributed by atoms with Crippen molar-refractivity contribution in [1.82, 2.24) is 14.9 Å². The van der Waals surface area contributed by atoms with E-state index in [1.54, 1.807) is 17.3 Å². The van der Waals surface area contributed by atoms with E-state index in [1.807, 2.05) is 7.05 Å². The van der Waals surface area contributed by atoms with Crippen molar-refractivity contribution in [2.24, 2.45) is 0 Å². The average Bonchev–Trinajstić information content (AvgIpc) is 2.53. The molecule has 0 aliphatic heterocycles. The summed E-state index contributed by atoms with van der Waals surface area (Å²) in [6.07, 6.45) is 11.6. The molecule has 21 heavy (non-hydrogen) atoms. The number of amides is 1. The lowest BCUT2D eigenvalue weighted by Crippen LogP contribution is -2.28. The number of nitrogens with zero attached hydrogens (tertiary/aromatic N) is 3. The molecule has 1 amide bonds. The van der Waals surface area contributed by atoms with Crippen molar-refractivity contribution >= 4 is 11.7 Å². The summed E-state index contributed by atoms with van der Waals surface area (Å²) in [5.74, 6) is 0.717. The molecule has 1 saturated carbocycles. The van der Waals surface area contributed by atoms with Crippen LogP contribution in [0, 0.1) is 0 Å². The van der Waals surface area contributed by atoms with Gasteiger partial charge in [0.2, 0.25) is 0 Å². The van der Waals surface area contributed by atoms with Gasteiger partial charge in [0.05, 0.1) is 12.4 Å². The molecule has 0 aromatic carbocycles. The SMILES string of the molecule is CCCCN(C)C(=O)c1cnc(NC2CCCCC2)cn1. The average molecular weight is 290 g/mol. The molecule has 1 N–H and O–H groups in total. The Morgan fingerprint density at radius 2 is 2.05 bits per heavy atom. The molecule has 5 nitrogen and oxygen atoms in total. The molecule has 1 aliphatic rings.